The highest BCUT2D eigenvalue weighted by Gasteiger charge is 2.27. The fourth-order valence-corrected chi connectivity index (χ4v) is 4.15. The summed E-state index contributed by atoms with van der Waals surface area (Å²) < 4.78 is 1.27. The molecule has 1 aromatic carbocycles. The Labute approximate surface area is 152 Å². The summed E-state index contributed by atoms with van der Waals surface area (Å²) in [4.78, 5) is 44.1. The van der Waals surface area contributed by atoms with Crippen molar-refractivity contribution in [2.75, 3.05) is 13.1 Å². The summed E-state index contributed by atoms with van der Waals surface area (Å²) in [6, 6.07) is 9.24. The lowest BCUT2D eigenvalue weighted by molar-refractivity contribution is -0.128. The van der Waals surface area contributed by atoms with Gasteiger partial charge in [0, 0.05) is 23.5 Å². The van der Waals surface area contributed by atoms with E-state index in [1.807, 2.05) is 37.3 Å². The summed E-state index contributed by atoms with van der Waals surface area (Å²) in [5.74, 6) is -0.420. The summed E-state index contributed by atoms with van der Waals surface area (Å²) in [5, 5.41) is 3.09. The quantitative estimate of drug-likeness (QED) is 0.766. The molecule has 1 saturated heterocycles. The van der Waals surface area contributed by atoms with Gasteiger partial charge >= 0.3 is 6.03 Å². The van der Waals surface area contributed by atoms with Crippen molar-refractivity contribution in [1.29, 1.82) is 0 Å². The molecule has 0 atom stereocenters. The largest absolute Gasteiger partial charge is 0.336 e. The first-order chi connectivity index (χ1) is 12.6. The standard InChI is InChI=1S/C18H16N4O3S/c1-11-14(12-5-3-2-4-6-12)15-16(26-11)20-10-21(17(15)24)9-13(23)22-8-7-19-18(22)25/h2-6,10H,7-9H2,1H3,(H,19,25). The van der Waals surface area contributed by atoms with Crippen molar-refractivity contribution in [2.45, 2.75) is 13.5 Å². The number of nitrogens with zero attached hydrogens (tertiary/aromatic N) is 3. The topological polar surface area (TPSA) is 84.3 Å². The first kappa shape index (κ1) is 16.5. The van der Waals surface area contributed by atoms with E-state index in [4.69, 9.17) is 0 Å². The zero-order valence-corrected chi connectivity index (χ0v) is 14.9. The molecule has 1 fully saturated rings. The molecule has 8 heteroatoms. The molecular formula is C18H16N4O3S. The summed E-state index contributed by atoms with van der Waals surface area (Å²) in [6.45, 7) is 2.49. The fourth-order valence-electron chi connectivity index (χ4n) is 3.14. The molecule has 3 amide bonds. The van der Waals surface area contributed by atoms with Crippen molar-refractivity contribution in [3.63, 3.8) is 0 Å². The van der Waals surface area contributed by atoms with Gasteiger partial charge < -0.3 is 5.32 Å². The second kappa shape index (κ2) is 6.38. The Morgan fingerprint density at radius 1 is 1.27 bits per heavy atom. The highest BCUT2D eigenvalue weighted by molar-refractivity contribution is 7.19. The van der Waals surface area contributed by atoms with Crippen LogP contribution >= 0.6 is 11.3 Å². The molecule has 0 saturated carbocycles. The number of carbonyl (C=O) groups is 2. The molecule has 0 aliphatic carbocycles. The summed E-state index contributed by atoms with van der Waals surface area (Å²) in [7, 11) is 0. The van der Waals surface area contributed by atoms with Crippen molar-refractivity contribution in [3.05, 3.63) is 51.9 Å². The summed E-state index contributed by atoms with van der Waals surface area (Å²) >= 11 is 1.46. The number of carbonyl (C=O) groups excluding carboxylic acids is 2. The highest BCUT2D eigenvalue weighted by Crippen LogP contribution is 2.35. The van der Waals surface area contributed by atoms with Crippen LogP contribution < -0.4 is 10.9 Å². The molecule has 26 heavy (non-hydrogen) atoms. The number of rotatable bonds is 3. The van der Waals surface area contributed by atoms with Crippen LogP contribution in [-0.2, 0) is 11.3 Å². The van der Waals surface area contributed by atoms with E-state index in [-0.39, 0.29) is 12.1 Å². The van der Waals surface area contributed by atoms with E-state index in [2.05, 4.69) is 10.3 Å². The SMILES string of the molecule is Cc1sc2ncn(CC(=O)N3CCNC3=O)c(=O)c2c1-c1ccccc1. The molecule has 2 aromatic heterocycles. The van der Waals surface area contributed by atoms with Crippen LogP contribution in [0.2, 0.25) is 0 Å². The number of imide groups is 1. The maximum absolute atomic E-state index is 13.0. The number of hydrogen-bond acceptors (Lipinski definition) is 5. The molecule has 0 spiro atoms. The number of nitrogens with one attached hydrogen (secondary N) is 1. The third-order valence-corrected chi connectivity index (χ3v) is 5.39. The average Bonchev–Trinajstić information content (AvgIpc) is 3.21. The Hall–Kier alpha value is -3.00. The number of thiophene rings is 1. The van der Waals surface area contributed by atoms with Gasteiger partial charge in [-0.25, -0.2) is 9.78 Å². The average molecular weight is 368 g/mol. The number of benzene rings is 1. The Kier molecular flexibility index (Phi) is 4.04. The van der Waals surface area contributed by atoms with Gasteiger partial charge in [0.15, 0.2) is 0 Å². The van der Waals surface area contributed by atoms with Crippen LogP contribution in [0.4, 0.5) is 4.79 Å². The van der Waals surface area contributed by atoms with Crippen LogP contribution in [0.25, 0.3) is 21.3 Å². The minimum atomic E-state index is -0.423. The van der Waals surface area contributed by atoms with Crippen molar-refractivity contribution in [1.82, 2.24) is 19.8 Å². The smallest absolute Gasteiger partial charge is 0.324 e. The molecule has 132 valence electrons. The van der Waals surface area contributed by atoms with Gasteiger partial charge in [-0.1, -0.05) is 30.3 Å². The Bertz CT molecular complexity index is 1070. The van der Waals surface area contributed by atoms with Crippen LogP contribution in [0.5, 0.6) is 0 Å². The Balaban J connectivity index is 1.78. The van der Waals surface area contributed by atoms with Crippen LogP contribution in [-0.4, -0.2) is 39.5 Å². The molecule has 0 bridgehead atoms. The minimum absolute atomic E-state index is 0.210. The van der Waals surface area contributed by atoms with E-state index in [9.17, 15) is 14.4 Å². The lowest BCUT2D eigenvalue weighted by Gasteiger charge is -2.13. The van der Waals surface area contributed by atoms with E-state index in [0.717, 1.165) is 20.9 Å². The Morgan fingerprint density at radius 2 is 2.04 bits per heavy atom. The Morgan fingerprint density at radius 3 is 2.73 bits per heavy atom. The third-order valence-electron chi connectivity index (χ3n) is 4.38. The van der Waals surface area contributed by atoms with Gasteiger partial charge in [-0.2, -0.15) is 0 Å². The zero-order chi connectivity index (χ0) is 18.3. The molecular weight excluding hydrogens is 352 g/mol. The van der Waals surface area contributed by atoms with Gasteiger partial charge in [-0.3, -0.25) is 19.1 Å². The number of fused-ring (bicyclic) bond motifs is 1. The third kappa shape index (κ3) is 2.68. The molecule has 1 aliphatic heterocycles. The van der Waals surface area contributed by atoms with Crippen LogP contribution in [0, 0.1) is 6.92 Å². The maximum Gasteiger partial charge on any atom is 0.324 e. The lowest BCUT2D eigenvalue weighted by atomic mass is 10.0. The van der Waals surface area contributed by atoms with Gasteiger partial charge in [-0.15, -0.1) is 11.3 Å². The van der Waals surface area contributed by atoms with Crippen molar-refractivity contribution < 1.29 is 9.59 Å². The summed E-state index contributed by atoms with van der Waals surface area (Å²) in [6.07, 6.45) is 1.38. The normalized spacial score (nSPS) is 14.0. The van der Waals surface area contributed by atoms with Gasteiger partial charge in [0.1, 0.15) is 11.4 Å². The zero-order valence-electron chi connectivity index (χ0n) is 14.1. The van der Waals surface area contributed by atoms with Gasteiger partial charge in [0.25, 0.3) is 11.5 Å². The highest BCUT2D eigenvalue weighted by atomic mass is 32.1. The van der Waals surface area contributed by atoms with Gasteiger partial charge in [-0.05, 0) is 12.5 Å². The number of urea groups is 1. The summed E-state index contributed by atoms with van der Waals surface area (Å²) in [5.41, 5.74) is 1.52. The van der Waals surface area contributed by atoms with Gasteiger partial charge in [0.2, 0.25) is 0 Å². The molecule has 0 unspecified atom stereocenters. The monoisotopic (exact) mass is 368 g/mol. The minimum Gasteiger partial charge on any atom is -0.336 e. The molecule has 3 heterocycles. The lowest BCUT2D eigenvalue weighted by Crippen LogP contribution is -2.38. The van der Waals surface area contributed by atoms with Crippen LogP contribution in [0.3, 0.4) is 0 Å². The van der Waals surface area contributed by atoms with E-state index < -0.39 is 11.9 Å². The molecule has 3 aromatic rings. The number of aromatic nitrogens is 2. The van der Waals surface area contributed by atoms with Crippen LogP contribution in [0.15, 0.2) is 41.5 Å². The van der Waals surface area contributed by atoms with Crippen molar-refractivity contribution in [2.24, 2.45) is 0 Å². The number of hydrogen-bond donors (Lipinski definition) is 1. The maximum atomic E-state index is 13.0. The van der Waals surface area contributed by atoms with Crippen molar-refractivity contribution in [3.8, 4) is 11.1 Å². The number of aryl methyl sites for hydroxylation is 1. The predicted octanol–water partition coefficient (Wildman–Crippen LogP) is 1.99. The van der Waals surface area contributed by atoms with Crippen LogP contribution in [0.1, 0.15) is 4.88 Å². The predicted molar refractivity (Wildman–Crippen MR) is 99.2 cm³/mol. The van der Waals surface area contributed by atoms with Gasteiger partial charge in [0.05, 0.1) is 11.7 Å². The first-order valence-corrected chi connectivity index (χ1v) is 9.00. The van der Waals surface area contributed by atoms with E-state index in [1.54, 1.807) is 0 Å². The van der Waals surface area contributed by atoms with E-state index in [1.165, 1.54) is 22.2 Å². The number of amides is 3. The van der Waals surface area contributed by atoms with Crippen molar-refractivity contribution >= 4 is 33.5 Å². The molecule has 0 radical (unpaired) electrons. The van der Waals surface area contributed by atoms with E-state index in [0.29, 0.717) is 23.3 Å². The second-order valence-corrected chi connectivity index (χ2v) is 7.24. The molecule has 1 N–H and O–H groups in total. The molecule has 1 aliphatic rings. The second-order valence-electron chi connectivity index (χ2n) is 6.03. The first-order valence-electron chi connectivity index (χ1n) is 8.18. The fraction of sp³-hybridized carbons (Fsp3) is 0.222. The van der Waals surface area contributed by atoms with E-state index >= 15 is 0 Å². The molecule has 4 rings (SSSR count). The molecule has 7 nitrogen and oxygen atoms in total.